The summed E-state index contributed by atoms with van der Waals surface area (Å²) in [6, 6.07) is -0.578. The number of sulfonamides is 1. The Kier molecular flexibility index (Phi) is 15.2. The van der Waals surface area contributed by atoms with Gasteiger partial charge in [0.05, 0.1) is 17.4 Å². The molecule has 12 heteroatoms. The quantitative estimate of drug-likeness (QED) is 0.194. The van der Waals surface area contributed by atoms with Gasteiger partial charge < -0.3 is 15.3 Å². The highest BCUT2D eigenvalue weighted by Gasteiger charge is 2.42. The summed E-state index contributed by atoms with van der Waals surface area (Å²) in [4.78, 5) is 41.2. The monoisotopic (exact) mass is 615 g/mol. The third-order valence-electron chi connectivity index (χ3n) is 8.62. The van der Waals surface area contributed by atoms with Gasteiger partial charge in [0.2, 0.25) is 27.7 Å². The van der Waals surface area contributed by atoms with Crippen LogP contribution >= 0.6 is 0 Å². The van der Waals surface area contributed by atoms with E-state index in [9.17, 15) is 27.9 Å². The van der Waals surface area contributed by atoms with Gasteiger partial charge in [-0.3, -0.25) is 19.8 Å². The molecule has 0 aliphatic heterocycles. The smallest absolute Gasteiger partial charge is 0.234 e. The highest BCUT2D eigenvalue weighted by atomic mass is 32.2. The minimum absolute atomic E-state index is 0.0490. The highest BCUT2D eigenvalue weighted by molar-refractivity contribution is 7.89. The summed E-state index contributed by atoms with van der Waals surface area (Å²) < 4.78 is 24.9. The number of nitrogens with two attached hydrogens (primary N) is 1. The van der Waals surface area contributed by atoms with Crippen LogP contribution in [0.4, 0.5) is 0 Å². The van der Waals surface area contributed by atoms with Crippen LogP contribution in [0.3, 0.4) is 0 Å². The summed E-state index contributed by atoms with van der Waals surface area (Å²) >= 11 is 0. The average molecular weight is 616 g/mol. The summed E-state index contributed by atoms with van der Waals surface area (Å²) in [6.07, 6.45) is 7.44. The fourth-order valence-corrected chi connectivity index (χ4v) is 7.56. The molecule has 0 aromatic heterocycles. The van der Waals surface area contributed by atoms with Crippen LogP contribution in [0.2, 0.25) is 0 Å². The Labute approximate surface area is 253 Å². The fourth-order valence-electron chi connectivity index (χ4n) is 6.56. The number of primary sulfonamides is 1. The molecule has 42 heavy (non-hydrogen) atoms. The molecule has 2 aliphatic rings. The lowest BCUT2D eigenvalue weighted by molar-refractivity contribution is -0.138. The molecule has 244 valence electrons. The predicted molar refractivity (Wildman–Crippen MR) is 164 cm³/mol. The van der Waals surface area contributed by atoms with Crippen molar-refractivity contribution in [3.05, 3.63) is 0 Å². The Morgan fingerprint density at radius 2 is 1.57 bits per heavy atom. The van der Waals surface area contributed by atoms with Crippen molar-refractivity contribution in [2.75, 3.05) is 26.7 Å². The second-order valence-corrected chi connectivity index (χ2v) is 14.9. The summed E-state index contributed by atoms with van der Waals surface area (Å²) in [5.74, 6) is -1.39. The van der Waals surface area contributed by atoms with Crippen molar-refractivity contribution in [1.82, 2.24) is 20.7 Å². The molecule has 2 rings (SSSR count). The lowest BCUT2D eigenvalue weighted by Crippen LogP contribution is -2.54. The first-order chi connectivity index (χ1) is 19.7. The first-order valence-electron chi connectivity index (χ1n) is 16.0. The Morgan fingerprint density at radius 3 is 2.12 bits per heavy atom. The number of aliphatic hydroxyl groups excluding tert-OH is 1. The number of nitrogens with one attached hydrogen (secondary N) is 2. The van der Waals surface area contributed by atoms with Crippen LogP contribution in [0.25, 0.3) is 0 Å². The van der Waals surface area contributed by atoms with Gasteiger partial charge in [0.15, 0.2) is 0 Å². The highest BCUT2D eigenvalue weighted by Crippen LogP contribution is 2.35. The standard InChI is InChI=1S/C30H57N5O6S/c1-6-13-35(14-7-2)30(39)24-17-23(18-25(19-24)42(31,40)41)29(38)32-26(16-22-11-9-8-10-12-22)27(36)20-34(5)33-28(37)15-21(3)4/h21-27,36H,6-20H2,1-5H3,(H,32,38)(H,33,37)(H2,31,40,41). The maximum absolute atomic E-state index is 13.7. The maximum Gasteiger partial charge on any atom is 0.234 e. The van der Waals surface area contributed by atoms with Gasteiger partial charge in [-0.05, 0) is 50.4 Å². The molecule has 0 bridgehead atoms. The van der Waals surface area contributed by atoms with Crippen molar-refractivity contribution < 1.29 is 27.9 Å². The number of nitrogens with zero attached hydrogens (tertiary/aromatic N) is 2. The van der Waals surface area contributed by atoms with E-state index in [4.69, 9.17) is 5.14 Å². The van der Waals surface area contributed by atoms with Crippen LogP contribution in [-0.2, 0) is 24.4 Å². The minimum Gasteiger partial charge on any atom is -0.390 e. The number of rotatable bonds is 16. The van der Waals surface area contributed by atoms with Crippen molar-refractivity contribution in [2.45, 2.75) is 122 Å². The number of likely N-dealkylation sites (N-methyl/N-ethyl adjacent to an activating group) is 1. The number of hydrogen-bond acceptors (Lipinski definition) is 7. The van der Waals surface area contributed by atoms with E-state index >= 15 is 0 Å². The Balaban J connectivity index is 2.21. The second kappa shape index (κ2) is 17.5. The van der Waals surface area contributed by atoms with Gasteiger partial charge in [-0.2, -0.15) is 0 Å². The normalized spacial score (nSPS) is 23.4. The van der Waals surface area contributed by atoms with E-state index in [1.54, 1.807) is 17.0 Å². The van der Waals surface area contributed by atoms with E-state index in [1.165, 1.54) is 6.42 Å². The lowest BCUT2D eigenvalue weighted by Gasteiger charge is -2.37. The molecule has 0 radical (unpaired) electrons. The second-order valence-electron chi connectivity index (χ2n) is 13.1. The van der Waals surface area contributed by atoms with E-state index in [0.717, 1.165) is 38.5 Å². The maximum atomic E-state index is 13.7. The van der Waals surface area contributed by atoms with Gasteiger partial charge in [0.25, 0.3) is 0 Å². The van der Waals surface area contributed by atoms with Crippen molar-refractivity contribution in [2.24, 2.45) is 28.8 Å². The van der Waals surface area contributed by atoms with Gasteiger partial charge in [-0.1, -0.05) is 59.8 Å². The van der Waals surface area contributed by atoms with Crippen molar-refractivity contribution in [3.8, 4) is 0 Å². The third-order valence-corrected chi connectivity index (χ3v) is 9.94. The molecule has 0 spiro atoms. The van der Waals surface area contributed by atoms with Crippen LogP contribution < -0.4 is 15.9 Å². The fraction of sp³-hybridized carbons (Fsp3) is 0.900. The summed E-state index contributed by atoms with van der Waals surface area (Å²) in [7, 11) is -2.27. The number of aliphatic hydroxyl groups is 1. The predicted octanol–water partition coefficient (Wildman–Crippen LogP) is 2.53. The van der Waals surface area contributed by atoms with Gasteiger partial charge >= 0.3 is 0 Å². The third kappa shape index (κ3) is 12.1. The van der Waals surface area contributed by atoms with Crippen LogP contribution in [-0.4, -0.2) is 85.2 Å². The largest absolute Gasteiger partial charge is 0.390 e. The zero-order chi connectivity index (χ0) is 31.4. The van der Waals surface area contributed by atoms with Crippen LogP contribution in [0.15, 0.2) is 0 Å². The first kappa shape index (κ1) is 36.4. The molecule has 0 aromatic carbocycles. The molecule has 3 amide bonds. The Bertz CT molecular complexity index is 965. The van der Waals surface area contributed by atoms with Gasteiger partial charge in [0.1, 0.15) is 0 Å². The summed E-state index contributed by atoms with van der Waals surface area (Å²) in [6.45, 7) is 9.18. The number of hydrogen-bond donors (Lipinski definition) is 4. The summed E-state index contributed by atoms with van der Waals surface area (Å²) in [5.41, 5.74) is 2.79. The van der Waals surface area contributed by atoms with E-state index in [1.807, 2.05) is 27.7 Å². The zero-order valence-electron chi connectivity index (χ0n) is 26.5. The number of amides is 3. The first-order valence-corrected chi connectivity index (χ1v) is 17.6. The molecule has 2 aliphatic carbocycles. The van der Waals surface area contributed by atoms with E-state index in [-0.39, 0.29) is 49.4 Å². The number of carbonyl (C=O) groups excluding carboxylic acids is 3. The molecule has 11 nitrogen and oxygen atoms in total. The molecule has 5 N–H and O–H groups in total. The molecular formula is C30H57N5O6S. The lowest BCUT2D eigenvalue weighted by atomic mass is 9.79. The molecular weight excluding hydrogens is 558 g/mol. The molecule has 5 unspecified atom stereocenters. The van der Waals surface area contributed by atoms with Crippen LogP contribution in [0, 0.1) is 23.7 Å². The van der Waals surface area contributed by atoms with Crippen molar-refractivity contribution in [1.29, 1.82) is 0 Å². The molecule has 0 heterocycles. The number of carbonyl (C=O) groups is 3. The Morgan fingerprint density at radius 1 is 0.976 bits per heavy atom. The molecule has 2 fully saturated rings. The zero-order valence-corrected chi connectivity index (χ0v) is 27.3. The Hall–Kier alpha value is -1.76. The van der Waals surface area contributed by atoms with Crippen LogP contribution in [0.5, 0.6) is 0 Å². The van der Waals surface area contributed by atoms with Crippen molar-refractivity contribution >= 4 is 27.7 Å². The number of hydrazine groups is 1. The molecule has 0 aromatic rings. The van der Waals surface area contributed by atoms with Gasteiger partial charge in [-0.15, -0.1) is 0 Å². The van der Waals surface area contributed by atoms with Crippen molar-refractivity contribution in [3.63, 3.8) is 0 Å². The summed E-state index contributed by atoms with van der Waals surface area (Å²) in [5, 5.41) is 20.5. The van der Waals surface area contributed by atoms with E-state index < -0.39 is 39.3 Å². The molecule has 0 saturated heterocycles. The SMILES string of the molecule is CCCN(CCC)C(=O)C1CC(C(=O)NC(CC2CCCCC2)C(O)CN(C)NC(=O)CC(C)C)CC(S(N)(=O)=O)C1. The molecule has 5 atom stereocenters. The molecule has 2 saturated carbocycles. The van der Waals surface area contributed by atoms with Gasteiger partial charge in [-0.25, -0.2) is 18.6 Å². The van der Waals surface area contributed by atoms with E-state index in [2.05, 4.69) is 10.7 Å². The van der Waals surface area contributed by atoms with E-state index in [0.29, 0.717) is 31.8 Å². The van der Waals surface area contributed by atoms with Gasteiger partial charge in [0, 0.05) is 44.9 Å². The van der Waals surface area contributed by atoms with Crippen LogP contribution in [0.1, 0.15) is 105 Å². The topological polar surface area (TPSA) is 162 Å². The average Bonchev–Trinajstić information content (AvgIpc) is 2.91. The minimum atomic E-state index is -3.96.